The van der Waals surface area contributed by atoms with E-state index in [1.165, 1.54) is 6.07 Å². The fourth-order valence-electron chi connectivity index (χ4n) is 1.90. The summed E-state index contributed by atoms with van der Waals surface area (Å²) >= 11 is 0. The van der Waals surface area contributed by atoms with E-state index in [4.69, 9.17) is 15.7 Å². The Morgan fingerprint density at radius 1 is 1.20 bits per heavy atom. The third-order valence-corrected chi connectivity index (χ3v) is 2.92. The van der Waals surface area contributed by atoms with Gasteiger partial charge in [0, 0.05) is 5.56 Å². The largest absolute Gasteiger partial charge is 0.489 e. The van der Waals surface area contributed by atoms with Crippen molar-refractivity contribution >= 4 is 0 Å². The van der Waals surface area contributed by atoms with Gasteiger partial charge in [-0.05, 0) is 36.7 Å². The molecule has 0 unspecified atom stereocenters. The molecular weight excluding hydrogens is 255 g/mol. The second kappa shape index (κ2) is 6.69. The maximum Gasteiger partial charge on any atom is 0.147 e. The third kappa shape index (κ3) is 3.34. The Bertz CT molecular complexity index is 635. The van der Waals surface area contributed by atoms with Crippen LogP contribution in [0, 0.1) is 17.1 Å². The normalized spacial score (nSPS) is 10.1. The van der Waals surface area contributed by atoms with Crippen molar-refractivity contribution in [2.75, 3.05) is 6.54 Å². The van der Waals surface area contributed by atoms with Crippen LogP contribution in [0.15, 0.2) is 42.5 Å². The van der Waals surface area contributed by atoms with Gasteiger partial charge in [0.25, 0.3) is 0 Å². The second-order valence-electron chi connectivity index (χ2n) is 4.37. The molecule has 0 aromatic heterocycles. The predicted octanol–water partition coefficient (Wildman–Crippen LogP) is 2.78. The van der Waals surface area contributed by atoms with Crippen LogP contribution < -0.4 is 10.5 Å². The molecule has 0 fully saturated rings. The SMILES string of the molecule is N#Cc1cccc(COc2cccc(CCN)c2)c1F. The van der Waals surface area contributed by atoms with Gasteiger partial charge >= 0.3 is 0 Å². The molecule has 0 aliphatic carbocycles. The van der Waals surface area contributed by atoms with Gasteiger partial charge in [-0.2, -0.15) is 5.26 Å². The predicted molar refractivity (Wildman–Crippen MR) is 74.6 cm³/mol. The minimum absolute atomic E-state index is 0.0305. The summed E-state index contributed by atoms with van der Waals surface area (Å²) < 4.78 is 19.4. The molecule has 0 radical (unpaired) electrons. The smallest absolute Gasteiger partial charge is 0.147 e. The number of hydrogen-bond donors (Lipinski definition) is 1. The highest BCUT2D eigenvalue weighted by atomic mass is 19.1. The quantitative estimate of drug-likeness (QED) is 0.908. The minimum atomic E-state index is -0.520. The van der Waals surface area contributed by atoms with Crippen molar-refractivity contribution in [3.63, 3.8) is 0 Å². The monoisotopic (exact) mass is 270 g/mol. The summed E-state index contributed by atoms with van der Waals surface area (Å²) in [5, 5.41) is 8.78. The molecule has 0 heterocycles. The average molecular weight is 270 g/mol. The molecule has 20 heavy (non-hydrogen) atoms. The van der Waals surface area contributed by atoms with Crippen molar-refractivity contribution in [2.45, 2.75) is 13.0 Å². The molecule has 0 bridgehead atoms. The molecule has 2 aromatic carbocycles. The summed E-state index contributed by atoms with van der Waals surface area (Å²) in [5.41, 5.74) is 6.99. The van der Waals surface area contributed by atoms with Crippen molar-refractivity contribution in [1.82, 2.24) is 0 Å². The number of ether oxygens (including phenoxy) is 1. The number of nitrogens with zero attached hydrogens (tertiary/aromatic N) is 1. The molecular formula is C16H15FN2O. The number of rotatable bonds is 5. The van der Waals surface area contributed by atoms with Crippen LogP contribution in [0.25, 0.3) is 0 Å². The molecule has 0 amide bonds. The molecule has 2 aromatic rings. The number of benzene rings is 2. The van der Waals surface area contributed by atoms with Gasteiger partial charge in [-0.15, -0.1) is 0 Å². The highest BCUT2D eigenvalue weighted by Gasteiger charge is 2.08. The van der Waals surface area contributed by atoms with Gasteiger partial charge in [0.2, 0.25) is 0 Å². The van der Waals surface area contributed by atoms with Gasteiger partial charge in [0.05, 0.1) is 5.56 Å². The molecule has 4 heteroatoms. The Morgan fingerprint density at radius 3 is 2.75 bits per heavy atom. The van der Waals surface area contributed by atoms with Gasteiger partial charge in [0.1, 0.15) is 24.2 Å². The van der Waals surface area contributed by atoms with Crippen molar-refractivity contribution in [2.24, 2.45) is 5.73 Å². The Morgan fingerprint density at radius 2 is 2.00 bits per heavy atom. The van der Waals surface area contributed by atoms with E-state index in [0.717, 1.165) is 12.0 Å². The van der Waals surface area contributed by atoms with E-state index in [2.05, 4.69) is 0 Å². The molecule has 0 atom stereocenters. The average Bonchev–Trinajstić information content (AvgIpc) is 2.47. The summed E-state index contributed by atoms with van der Waals surface area (Å²) in [6, 6.07) is 14.1. The molecule has 102 valence electrons. The minimum Gasteiger partial charge on any atom is -0.489 e. The standard InChI is InChI=1S/C16H15FN2O/c17-16-13(10-19)4-2-5-14(16)11-20-15-6-1-3-12(9-15)7-8-18/h1-6,9H,7-8,11,18H2. The molecule has 0 saturated carbocycles. The highest BCUT2D eigenvalue weighted by molar-refractivity contribution is 5.35. The van der Waals surface area contributed by atoms with Crippen molar-refractivity contribution < 1.29 is 9.13 Å². The van der Waals surface area contributed by atoms with E-state index in [9.17, 15) is 4.39 Å². The van der Waals surface area contributed by atoms with Gasteiger partial charge in [-0.3, -0.25) is 0 Å². The summed E-state index contributed by atoms with van der Waals surface area (Å²) in [6.45, 7) is 0.662. The maximum absolute atomic E-state index is 13.9. The third-order valence-electron chi connectivity index (χ3n) is 2.92. The molecule has 3 nitrogen and oxygen atoms in total. The van der Waals surface area contributed by atoms with Crippen LogP contribution in [0.5, 0.6) is 5.75 Å². The summed E-state index contributed by atoms with van der Waals surface area (Å²) in [6.07, 6.45) is 0.773. The first kappa shape index (κ1) is 14.0. The van der Waals surface area contributed by atoms with Crippen molar-refractivity contribution in [1.29, 1.82) is 5.26 Å². The van der Waals surface area contributed by atoms with Crippen LogP contribution in [-0.2, 0) is 13.0 Å². The number of hydrogen-bond acceptors (Lipinski definition) is 3. The van der Waals surface area contributed by atoms with Crippen LogP contribution in [0.3, 0.4) is 0 Å². The fourth-order valence-corrected chi connectivity index (χ4v) is 1.90. The molecule has 0 saturated heterocycles. The van der Waals surface area contributed by atoms with E-state index in [0.29, 0.717) is 17.9 Å². The zero-order valence-corrected chi connectivity index (χ0v) is 11.0. The lowest BCUT2D eigenvalue weighted by Gasteiger charge is -2.09. The van der Waals surface area contributed by atoms with Crippen LogP contribution in [-0.4, -0.2) is 6.54 Å². The van der Waals surface area contributed by atoms with E-state index < -0.39 is 5.82 Å². The maximum atomic E-state index is 13.9. The number of nitriles is 1. The van der Waals surface area contributed by atoms with E-state index >= 15 is 0 Å². The summed E-state index contributed by atoms with van der Waals surface area (Å²) in [4.78, 5) is 0. The zero-order valence-electron chi connectivity index (χ0n) is 11.0. The molecule has 0 aliphatic rings. The van der Waals surface area contributed by atoms with E-state index in [1.54, 1.807) is 12.1 Å². The van der Waals surface area contributed by atoms with Gasteiger partial charge < -0.3 is 10.5 Å². The molecule has 2 N–H and O–H groups in total. The first-order valence-corrected chi connectivity index (χ1v) is 6.34. The number of halogens is 1. The lowest BCUT2D eigenvalue weighted by atomic mass is 10.1. The Labute approximate surface area is 117 Å². The van der Waals surface area contributed by atoms with Crippen LogP contribution in [0.4, 0.5) is 4.39 Å². The first-order chi connectivity index (χ1) is 9.74. The van der Waals surface area contributed by atoms with E-state index in [-0.39, 0.29) is 12.2 Å². The lowest BCUT2D eigenvalue weighted by Crippen LogP contribution is -2.03. The van der Waals surface area contributed by atoms with Crippen molar-refractivity contribution in [3.05, 3.63) is 65.0 Å². The molecule has 0 spiro atoms. The topological polar surface area (TPSA) is 59.0 Å². The zero-order chi connectivity index (χ0) is 14.4. The number of nitrogens with two attached hydrogens (primary N) is 1. The Kier molecular flexibility index (Phi) is 4.70. The Balaban J connectivity index is 2.09. The van der Waals surface area contributed by atoms with Gasteiger partial charge in [-0.1, -0.05) is 24.3 Å². The van der Waals surface area contributed by atoms with Crippen LogP contribution in [0.2, 0.25) is 0 Å². The lowest BCUT2D eigenvalue weighted by molar-refractivity contribution is 0.299. The highest BCUT2D eigenvalue weighted by Crippen LogP contribution is 2.18. The van der Waals surface area contributed by atoms with Crippen LogP contribution in [0.1, 0.15) is 16.7 Å². The van der Waals surface area contributed by atoms with Crippen molar-refractivity contribution in [3.8, 4) is 11.8 Å². The molecule has 2 rings (SSSR count). The Hall–Kier alpha value is -2.38. The fraction of sp³-hybridized carbons (Fsp3) is 0.188. The molecule has 0 aliphatic heterocycles. The van der Waals surface area contributed by atoms with Gasteiger partial charge in [-0.25, -0.2) is 4.39 Å². The van der Waals surface area contributed by atoms with E-state index in [1.807, 2.05) is 30.3 Å². The summed E-state index contributed by atoms with van der Waals surface area (Å²) in [7, 11) is 0. The summed E-state index contributed by atoms with van der Waals surface area (Å²) in [5.74, 6) is 0.144. The first-order valence-electron chi connectivity index (χ1n) is 6.34. The van der Waals surface area contributed by atoms with Crippen LogP contribution >= 0.6 is 0 Å². The van der Waals surface area contributed by atoms with Gasteiger partial charge in [0.15, 0.2) is 0 Å². The second-order valence-corrected chi connectivity index (χ2v) is 4.37.